The van der Waals surface area contributed by atoms with Gasteiger partial charge in [0.05, 0.1) is 5.69 Å². The number of aliphatic imine (C=N–C) groups is 1. The highest BCUT2D eigenvalue weighted by atomic mass is 19.1. The van der Waals surface area contributed by atoms with E-state index in [9.17, 15) is 8.78 Å². The van der Waals surface area contributed by atoms with Crippen LogP contribution in [0.5, 0.6) is 0 Å². The molecular weight excluding hydrogens is 236 g/mol. The van der Waals surface area contributed by atoms with Crippen molar-refractivity contribution in [1.82, 2.24) is 0 Å². The summed E-state index contributed by atoms with van der Waals surface area (Å²) in [7, 11) is 0. The van der Waals surface area contributed by atoms with Crippen molar-refractivity contribution in [2.24, 2.45) is 4.99 Å². The van der Waals surface area contributed by atoms with Crippen LogP contribution in [0, 0.1) is 11.6 Å². The van der Waals surface area contributed by atoms with Gasteiger partial charge >= 0.3 is 0 Å². The van der Waals surface area contributed by atoms with Gasteiger partial charge in [0.15, 0.2) is 0 Å². The molecule has 0 fully saturated rings. The first-order chi connectivity index (χ1) is 8.72. The second kappa shape index (κ2) is 4.22. The predicted molar refractivity (Wildman–Crippen MR) is 63.8 cm³/mol. The lowest BCUT2D eigenvalue weighted by atomic mass is 10.1. The number of benzene rings is 2. The Labute approximate surface area is 103 Å². The first kappa shape index (κ1) is 10.9. The van der Waals surface area contributed by atoms with E-state index in [0.717, 1.165) is 17.3 Å². The van der Waals surface area contributed by atoms with Gasteiger partial charge in [-0.15, -0.1) is 0 Å². The lowest BCUT2D eigenvalue weighted by Gasteiger charge is -2.16. The second-order valence-corrected chi connectivity index (χ2v) is 3.99. The molecule has 0 spiro atoms. The average molecular weight is 245 g/mol. The van der Waals surface area contributed by atoms with Crippen LogP contribution in [0.2, 0.25) is 0 Å². The summed E-state index contributed by atoms with van der Waals surface area (Å²) in [5.74, 6) is -1.04. The summed E-state index contributed by atoms with van der Waals surface area (Å²) in [5.41, 5.74) is 2.03. The lowest BCUT2D eigenvalue weighted by molar-refractivity contribution is 0.288. The molecule has 1 aliphatic heterocycles. The molecule has 0 amide bonds. The van der Waals surface area contributed by atoms with Crippen LogP contribution < -0.4 is 0 Å². The molecule has 0 saturated heterocycles. The summed E-state index contributed by atoms with van der Waals surface area (Å²) >= 11 is 0. The van der Waals surface area contributed by atoms with Gasteiger partial charge in [-0.05, 0) is 18.2 Å². The third kappa shape index (κ3) is 1.97. The molecule has 2 aromatic rings. The molecule has 18 heavy (non-hydrogen) atoms. The molecule has 2 nitrogen and oxygen atoms in total. The molecule has 0 bridgehead atoms. The maximum atomic E-state index is 13.1. The van der Waals surface area contributed by atoms with E-state index in [-0.39, 0.29) is 5.90 Å². The fourth-order valence-electron chi connectivity index (χ4n) is 1.85. The van der Waals surface area contributed by atoms with Crippen LogP contribution in [0.3, 0.4) is 0 Å². The number of para-hydroxylation sites is 1. The Bertz CT molecular complexity index is 617. The molecule has 1 aliphatic rings. The van der Waals surface area contributed by atoms with Gasteiger partial charge in [0, 0.05) is 17.2 Å². The van der Waals surface area contributed by atoms with Gasteiger partial charge < -0.3 is 4.74 Å². The number of hydrogen-bond acceptors (Lipinski definition) is 2. The lowest BCUT2D eigenvalue weighted by Crippen LogP contribution is -2.11. The molecule has 4 heteroatoms. The maximum Gasteiger partial charge on any atom is 0.221 e. The fraction of sp³-hybridized carbons (Fsp3) is 0.0714. The quantitative estimate of drug-likeness (QED) is 0.752. The minimum absolute atomic E-state index is 0.243. The molecule has 90 valence electrons. The first-order valence-corrected chi connectivity index (χ1v) is 5.48. The minimum atomic E-state index is -0.643. The van der Waals surface area contributed by atoms with Gasteiger partial charge in [0.25, 0.3) is 0 Å². The van der Waals surface area contributed by atoms with Crippen molar-refractivity contribution < 1.29 is 13.5 Å². The van der Waals surface area contributed by atoms with Gasteiger partial charge in [0.2, 0.25) is 5.90 Å². The molecule has 0 N–H and O–H groups in total. The van der Waals surface area contributed by atoms with Crippen LogP contribution >= 0.6 is 0 Å². The molecule has 0 unspecified atom stereocenters. The Morgan fingerprint density at radius 1 is 1.00 bits per heavy atom. The van der Waals surface area contributed by atoms with Gasteiger partial charge in [-0.1, -0.05) is 18.2 Å². The number of hydrogen-bond donors (Lipinski definition) is 0. The number of nitrogens with zero attached hydrogens (tertiary/aromatic N) is 1. The Morgan fingerprint density at radius 3 is 2.50 bits per heavy atom. The Morgan fingerprint density at radius 2 is 1.72 bits per heavy atom. The third-order valence-corrected chi connectivity index (χ3v) is 2.69. The highest BCUT2D eigenvalue weighted by Gasteiger charge is 2.15. The van der Waals surface area contributed by atoms with E-state index in [1.807, 2.05) is 24.3 Å². The van der Waals surface area contributed by atoms with Crippen LogP contribution in [0.25, 0.3) is 0 Å². The zero-order valence-electron chi connectivity index (χ0n) is 9.36. The van der Waals surface area contributed by atoms with Crippen LogP contribution in [0.1, 0.15) is 11.1 Å². The van der Waals surface area contributed by atoms with Crippen molar-refractivity contribution in [2.45, 2.75) is 6.61 Å². The Hall–Kier alpha value is -2.23. The summed E-state index contributed by atoms with van der Waals surface area (Å²) in [6.07, 6.45) is 0. The molecule has 1 heterocycles. The normalized spacial score (nSPS) is 13.6. The van der Waals surface area contributed by atoms with Crippen molar-refractivity contribution >= 4 is 11.6 Å². The summed E-state index contributed by atoms with van der Waals surface area (Å²) in [6.45, 7) is 0.354. The van der Waals surface area contributed by atoms with E-state index < -0.39 is 11.6 Å². The van der Waals surface area contributed by atoms with E-state index in [2.05, 4.69) is 4.99 Å². The zero-order chi connectivity index (χ0) is 12.5. The third-order valence-electron chi connectivity index (χ3n) is 2.69. The summed E-state index contributed by atoms with van der Waals surface area (Å²) in [6, 6.07) is 10.7. The minimum Gasteiger partial charge on any atom is -0.472 e. The van der Waals surface area contributed by atoms with E-state index in [1.54, 1.807) is 0 Å². The van der Waals surface area contributed by atoms with Crippen molar-refractivity contribution in [3.05, 3.63) is 65.2 Å². The number of halogens is 2. The Kier molecular flexibility index (Phi) is 2.55. The van der Waals surface area contributed by atoms with E-state index in [0.29, 0.717) is 12.2 Å². The fourth-order valence-corrected chi connectivity index (χ4v) is 1.85. The van der Waals surface area contributed by atoms with Gasteiger partial charge in [-0.25, -0.2) is 13.8 Å². The van der Waals surface area contributed by atoms with Crippen LogP contribution in [-0.4, -0.2) is 5.90 Å². The SMILES string of the molecule is Fc1cc(F)cc(C2=Nc3ccccc3CO2)c1. The zero-order valence-corrected chi connectivity index (χ0v) is 9.36. The highest BCUT2D eigenvalue weighted by Crippen LogP contribution is 2.26. The average Bonchev–Trinajstić information content (AvgIpc) is 2.37. The first-order valence-electron chi connectivity index (χ1n) is 5.48. The Balaban J connectivity index is 2.06. The molecule has 3 rings (SSSR count). The van der Waals surface area contributed by atoms with E-state index in [4.69, 9.17) is 4.74 Å². The summed E-state index contributed by atoms with van der Waals surface area (Å²) in [4.78, 5) is 4.26. The van der Waals surface area contributed by atoms with Crippen molar-refractivity contribution in [1.29, 1.82) is 0 Å². The van der Waals surface area contributed by atoms with Crippen LogP contribution in [0.4, 0.5) is 14.5 Å². The largest absolute Gasteiger partial charge is 0.472 e. The predicted octanol–water partition coefficient (Wildman–Crippen LogP) is 3.57. The van der Waals surface area contributed by atoms with Crippen molar-refractivity contribution in [3.63, 3.8) is 0 Å². The second-order valence-electron chi connectivity index (χ2n) is 3.99. The smallest absolute Gasteiger partial charge is 0.221 e. The number of rotatable bonds is 1. The van der Waals surface area contributed by atoms with E-state index >= 15 is 0 Å². The van der Waals surface area contributed by atoms with Crippen LogP contribution in [-0.2, 0) is 11.3 Å². The molecule has 0 saturated carbocycles. The molecule has 0 aliphatic carbocycles. The molecule has 0 atom stereocenters. The van der Waals surface area contributed by atoms with Crippen LogP contribution in [0.15, 0.2) is 47.5 Å². The van der Waals surface area contributed by atoms with Crippen molar-refractivity contribution in [2.75, 3.05) is 0 Å². The summed E-state index contributed by atoms with van der Waals surface area (Å²) in [5, 5.41) is 0. The maximum absolute atomic E-state index is 13.1. The topological polar surface area (TPSA) is 21.6 Å². The van der Waals surface area contributed by atoms with E-state index in [1.165, 1.54) is 12.1 Å². The monoisotopic (exact) mass is 245 g/mol. The van der Waals surface area contributed by atoms with Gasteiger partial charge in [0.1, 0.15) is 18.2 Å². The molecule has 0 aromatic heterocycles. The molecular formula is C14H9F2NO. The molecule has 2 aromatic carbocycles. The standard InChI is InChI=1S/C14H9F2NO/c15-11-5-10(6-12(16)7-11)14-17-13-4-2-1-3-9(13)8-18-14/h1-7H,8H2. The van der Waals surface area contributed by atoms with Gasteiger partial charge in [-0.3, -0.25) is 0 Å². The highest BCUT2D eigenvalue weighted by molar-refractivity contribution is 5.96. The summed E-state index contributed by atoms with van der Waals surface area (Å²) < 4.78 is 31.7. The van der Waals surface area contributed by atoms with Gasteiger partial charge in [-0.2, -0.15) is 0 Å². The van der Waals surface area contributed by atoms with Crippen molar-refractivity contribution in [3.8, 4) is 0 Å². The molecule has 0 radical (unpaired) electrons. The number of ether oxygens (including phenoxy) is 1. The number of fused-ring (bicyclic) bond motifs is 1.